The Hall–Kier alpha value is -0.740. The fraction of sp³-hybridized carbons (Fsp3) is 0.667. The molecule has 4 nitrogen and oxygen atoms in total. The number of hydrogen-bond donors (Lipinski definition) is 4. The lowest BCUT2D eigenvalue weighted by molar-refractivity contribution is 0.636. The molecule has 0 aromatic carbocycles. The van der Waals surface area contributed by atoms with Crippen LogP contribution >= 0.6 is 0 Å². The molecule has 1 unspecified atom stereocenters. The first-order valence-corrected chi connectivity index (χ1v) is 3.51. The molecule has 0 aliphatic carbocycles. The molecular formula is C6H14N4. The van der Waals surface area contributed by atoms with Gasteiger partial charge >= 0.3 is 0 Å². The van der Waals surface area contributed by atoms with Gasteiger partial charge in [-0.3, -0.25) is 5.84 Å². The van der Waals surface area contributed by atoms with Crippen LogP contribution in [0.2, 0.25) is 0 Å². The van der Waals surface area contributed by atoms with Gasteiger partial charge in [0, 0.05) is 25.0 Å². The van der Waals surface area contributed by atoms with Gasteiger partial charge < -0.3 is 16.1 Å². The van der Waals surface area contributed by atoms with Crippen molar-refractivity contribution >= 4 is 0 Å². The third kappa shape index (κ3) is 2.24. The molecule has 10 heavy (non-hydrogen) atoms. The third-order valence-electron chi connectivity index (χ3n) is 1.57. The first-order valence-electron chi connectivity index (χ1n) is 3.51. The summed E-state index contributed by atoms with van der Waals surface area (Å²) in [4.78, 5) is 0. The van der Waals surface area contributed by atoms with Gasteiger partial charge in [-0.05, 0) is 13.0 Å². The zero-order valence-electron chi connectivity index (χ0n) is 5.93. The van der Waals surface area contributed by atoms with Crippen LogP contribution in [0.4, 0.5) is 0 Å². The molecule has 1 rings (SSSR count). The average molecular weight is 142 g/mol. The monoisotopic (exact) mass is 142 g/mol. The Morgan fingerprint density at radius 2 is 2.40 bits per heavy atom. The predicted molar refractivity (Wildman–Crippen MR) is 40.9 cm³/mol. The van der Waals surface area contributed by atoms with Crippen LogP contribution < -0.4 is 21.9 Å². The Morgan fingerprint density at radius 3 is 3.00 bits per heavy atom. The molecule has 1 atom stereocenters. The van der Waals surface area contributed by atoms with E-state index in [-0.39, 0.29) is 0 Å². The SMILES string of the molecule is NN/C=C\NC1CCNC1. The Morgan fingerprint density at radius 1 is 1.50 bits per heavy atom. The van der Waals surface area contributed by atoms with Crippen LogP contribution in [0.25, 0.3) is 0 Å². The number of hydrogen-bond acceptors (Lipinski definition) is 4. The van der Waals surface area contributed by atoms with Crippen LogP contribution in [0.3, 0.4) is 0 Å². The van der Waals surface area contributed by atoms with E-state index in [1.165, 1.54) is 6.42 Å². The van der Waals surface area contributed by atoms with Gasteiger partial charge in [0.15, 0.2) is 0 Å². The molecule has 0 saturated carbocycles. The summed E-state index contributed by atoms with van der Waals surface area (Å²) in [6.07, 6.45) is 4.70. The van der Waals surface area contributed by atoms with Gasteiger partial charge in [-0.1, -0.05) is 0 Å². The molecular weight excluding hydrogens is 128 g/mol. The number of nitrogens with two attached hydrogens (primary N) is 1. The Balaban J connectivity index is 2.06. The minimum atomic E-state index is 0.574. The van der Waals surface area contributed by atoms with Gasteiger partial charge in [0.2, 0.25) is 0 Å². The third-order valence-corrected chi connectivity index (χ3v) is 1.57. The lowest BCUT2D eigenvalue weighted by Crippen LogP contribution is -2.27. The molecule has 0 radical (unpaired) electrons. The van der Waals surface area contributed by atoms with E-state index in [2.05, 4.69) is 16.1 Å². The molecule has 0 aromatic heterocycles. The van der Waals surface area contributed by atoms with Gasteiger partial charge in [0.05, 0.1) is 0 Å². The first kappa shape index (κ1) is 7.37. The zero-order chi connectivity index (χ0) is 7.23. The van der Waals surface area contributed by atoms with Crippen molar-refractivity contribution in [3.63, 3.8) is 0 Å². The largest absolute Gasteiger partial charge is 0.386 e. The van der Waals surface area contributed by atoms with Crippen LogP contribution in [0.15, 0.2) is 12.4 Å². The standard InChI is InChI=1S/C6H14N4/c7-10-4-3-9-6-1-2-8-5-6/h3-4,6,8-10H,1-2,5,7H2/b4-3-. The average Bonchev–Trinajstić information content (AvgIpc) is 2.41. The minimum absolute atomic E-state index is 0.574. The lowest BCUT2D eigenvalue weighted by atomic mass is 10.3. The molecule has 0 bridgehead atoms. The molecule has 0 amide bonds. The maximum atomic E-state index is 5.02. The van der Waals surface area contributed by atoms with Crippen molar-refractivity contribution in [3.05, 3.63) is 12.4 Å². The summed E-state index contributed by atoms with van der Waals surface area (Å²) in [5.74, 6) is 5.02. The fourth-order valence-corrected chi connectivity index (χ4v) is 1.03. The van der Waals surface area contributed by atoms with E-state index in [1.54, 1.807) is 6.20 Å². The van der Waals surface area contributed by atoms with Crippen molar-refractivity contribution in [1.82, 2.24) is 16.1 Å². The smallest absolute Gasteiger partial charge is 0.0393 e. The van der Waals surface area contributed by atoms with Crippen molar-refractivity contribution in [1.29, 1.82) is 0 Å². The first-order chi connectivity index (χ1) is 4.93. The molecule has 1 aliphatic heterocycles. The van der Waals surface area contributed by atoms with E-state index >= 15 is 0 Å². The maximum Gasteiger partial charge on any atom is 0.0393 e. The Labute approximate surface area is 60.8 Å². The highest BCUT2D eigenvalue weighted by Crippen LogP contribution is 1.95. The van der Waals surface area contributed by atoms with Gasteiger partial charge in [0.25, 0.3) is 0 Å². The van der Waals surface area contributed by atoms with Gasteiger partial charge in [0.1, 0.15) is 0 Å². The molecule has 5 N–H and O–H groups in total. The second-order valence-corrected chi connectivity index (χ2v) is 2.36. The highest BCUT2D eigenvalue weighted by Gasteiger charge is 2.10. The summed E-state index contributed by atoms with van der Waals surface area (Å²) < 4.78 is 0. The van der Waals surface area contributed by atoms with Crippen LogP contribution in [0, 0.1) is 0 Å². The van der Waals surface area contributed by atoms with E-state index < -0.39 is 0 Å². The zero-order valence-corrected chi connectivity index (χ0v) is 5.93. The summed E-state index contributed by atoms with van der Waals surface area (Å²) in [6.45, 7) is 2.16. The maximum absolute atomic E-state index is 5.02. The molecule has 4 heteroatoms. The molecule has 0 spiro atoms. The van der Waals surface area contributed by atoms with Gasteiger partial charge in [-0.2, -0.15) is 0 Å². The normalized spacial score (nSPS) is 25.5. The van der Waals surface area contributed by atoms with Crippen molar-refractivity contribution in [2.24, 2.45) is 5.84 Å². The summed E-state index contributed by atoms with van der Waals surface area (Å²) in [6, 6.07) is 0.574. The summed E-state index contributed by atoms with van der Waals surface area (Å²) in [5, 5.41) is 6.45. The molecule has 1 saturated heterocycles. The molecule has 0 aromatic rings. The molecule has 1 fully saturated rings. The predicted octanol–water partition coefficient (Wildman–Crippen LogP) is -1.13. The number of rotatable bonds is 3. The van der Waals surface area contributed by atoms with Gasteiger partial charge in [-0.25, -0.2) is 0 Å². The lowest BCUT2D eigenvalue weighted by Gasteiger charge is -2.06. The minimum Gasteiger partial charge on any atom is -0.386 e. The van der Waals surface area contributed by atoms with Gasteiger partial charge in [-0.15, -0.1) is 0 Å². The van der Waals surface area contributed by atoms with Crippen molar-refractivity contribution < 1.29 is 0 Å². The van der Waals surface area contributed by atoms with E-state index in [4.69, 9.17) is 5.84 Å². The van der Waals surface area contributed by atoms with Crippen LogP contribution in [0.1, 0.15) is 6.42 Å². The quantitative estimate of drug-likeness (QED) is 0.297. The second kappa shape index (κ2) is 4.14. The van der Waals surface area contributed by atoms with Crippen LogP contribution in [0.5, 0.6) is 0 Å². The number of hydrazine groups is 1. The molecule has 58 valence electrons. The fourth-order valence-electron chi connectivity index (χ4n) is 1.03. The Bertz CT molecular complexity index is 106. The summed E-state index contributed by atoms with van der Waals surface area (Å²) in [5.41, 5.74) is 2.43. The van der Waals surface area contributed by atoms with E-state index in [0.29, 0.717) is 6.04 Å². The number of nitrogens with one attached hydrogen (secondary N) is 3. The topological polar surface area (TPSA) is 62.1 Å². The molecule has 1 aliphatic rings. The van der Waals surface area contributed by atoms with Crippen LogP contribution in [-0.2, 0) is 0 Å². The van der Waals surface area contributed by atoms with E-state index in [9.17, 15) is 0 Å². The van der Waals surface area contributed by atoms with Crippen molar-refractivity contribution in [2.45, 2.75) is 12.5 Å². The second-order valence-electron chi connectivity index (χ2n) is 2.36. The highest BCUT2D eigenvalue weighted by atomic mass is 15.2. The summed E-state index contributed by atoms with van der Waals surface area (Å²) in [7, 11) is 0. The molecule has 1 heterocycles. The van der Waals surface area contributed by atoms with E-state index in [1.807, 2.05) is 6.20 Å². The van der Waals surface area contributed by atoms with Crippen LogP contribution in [-0.4, -0.2) is 19.1 Å². The summed E-state index contributed by atoms with van der Waals surface area (Å²) >= 11 is 0. The van der Waals surface area contributed by atoms with Crippen molar-refractivity contribution in [2.75, 3.05) is 13.1 Å². The Kier molecular flexibility index (Phi) is 3.05. The van der Waals surface area contributed by atoms with Crippen molar-refractivity contribution in [3.8, 4) is 0 Å². The van der Waals surface area contributed by atoms with E-state index in [0.717, 1.165) is 13.1 Å². The highest BCUT2D eigenvalue weighted by molar-refractivity contribution is 4.84.